The molecule has 0 bridgehead atoms. The van der Waals surface area contributed by atoms with Crippen molar-refractivity contribution in [1.29, 1.82) is 5.41 Å². The van der Waals surface area contributed by atoms with Gasteiger partial charge >= 0.3 is 0 Å². The van der Waals surface area contributed by atoms with Gasteiger partial charge in [0.2, 0.25) is 0 Å². The lowest BCUT2D eigenvalue weighted by Gasteiger charge is -2.22. The summed E-state index contributed by atoms with van der Waals surface area (Å²) in [6.07, 6.45) is 2.48. The summed E-state index contributed by atoms with van der Waals surface area (Å²) in [5.74, 6) is 0.0806. The van der Waals surface area contributed by atoms with Crippen molar-refractivity contribution < 1.29 is 0 Å². The third kappa shape index (κ3) is 5.02. The highest BCUT2D eigenvalue weighted by molar-refractivity contribution is 5.74. The van der Waals surface area contributed by atoms with E-state index in [0.29, 0.717) is 10.8 Å². The van der Waals surface area contributed by atoms with Crippen LogP contribution in [0.3, 0.4) is 0 Å². The Morgan fingerprint density at radius 3 is 2.33 bits per heavy atom. The topological polar surface area (TPSA) is 73.9 Å². The highest BCUT2D eigenvalue weighted by atomic mass is 15.1. The van der Waals surface area contributed by atoms with E-state index in [2.05, 4.69) is 31.4 Å². The van der Waals surface area contributed by atoms with E-state index in [4.69, 9.17) is 11.1 Å². The molecule has 4 nitrogen and oxygen atoms in total. The molecule has 0 aromatic rings. The zero-order valence-electron chi connectivity index (χ0n) is 10.1. The molecule has 1 aliphatic carbocycles. The second-order valence-corrected chi connectivity index (χ2v) is 5.93. The average Bonchev–Trinajstić information content (AvgIpc) is 2.80. The van der Waals surface area contributed by atoms with E-state index in [1.807, 2.05) is 0 Å². The average molecular weight is 212 g/mol. The Bertz CT molecular complexity index is 225. The van der Waals surface area contributed by atoms with Gasteiger partial charge in [-0.25, -0.2) is 0 Å². The van der Waals surface area contributed by atoms with Gasteiger partial charge in [-0.05, 0) is 18.3 Å². The molecule has 15 heavy (non-hydrogen) atoms. The molecule has 0 aromatic heterocycles. The van der Waals surface area contributed by atoms with Crippen LogP contribution in [0.2, 0.25) is 0 Å². The summed E-state index contributed by atoms with van der Waals surface area (Å²) in [6, 6.07) is 0. The second-order valence-electron chi connectivity index (χ2n) is 5.93. The smallest absolute Gasteiger partial charge is 0.185 e. The Kier molecular flexibility index (Phi) is 3.60. The van der Waals surface area contributed by atoms with Crippen molar-refractivity contribution in [2.24, 2.45) is 16.6 Å². The maximum Gasteiger partial charge on any atom is 0.185 e. The maximum atomic E-state index is 7.12. The Morgan fingerprint density at radius 1 is 1.33 bits per heavy atom. The minimum atomic E-state index is 0.0806. The first-order valence-corrected chi connectivity index (χ1v) is 5.62. The van der Waals surface area contributed by atoms with Gasteiger partial charge in [0.25, 0.3) is 0 Å². The van der Waals surface area contributed by atoms with Gasteiger partial charge in [-0.2, -0.15) is 0 Å². The van der Waals surface area contributed by atoms with Crippen LogP contribution in [0.4, 0.5) is 0 Å². The predicted octanol–water partition coefficient (Wildman–Crippen LogP) is 0.885. The third-order valence-electron chi connectivity index (χ3n) is 2.77. The predicted molar refractivity (Wildman–Crippen MR) is 63.9 cm³/mol. The molecule has 0 radical (unpaired) electrons. The molecule has 4 heteroatoms. The van der Waals surface area contributed by atoms with E-state index in [1.165, 1.54) is 12.8 Å². The normalized spacial score (nSPS) is 18.6. The number of rotatable bonds is 5. The molecule has 88 valence electrons. The van der Waals surface area contributed by atoms with Crippen LogP contribution in [0.15, 0.2) is 0 Å². The standard InChI is InChI=1S/C11H24N4/c1-10(2,3)6-14-7-11(4-5-11)8-15-9(12)13/h14H,4-8H2,1-3H3,(H4,12,13,15). The van der Waals surface area contributed by atoms with E-state index in [0.717, 1.165) is 19.6 Å². The van der Waals surface area contributed by atoms with Gasteiger partial charge in [0.05, 0.1) is 0 Å². The van der Waals surface area contributed by atoms with Gasteiger partial charge < -0.3 is 16.4 Å². The zero-order valence-corrected chi connectivity index (χ0v) is 10.1. The fourth-order valence-electron chi connectivity index (χ4n) is 1.58. The van der Waals surface area contributed by atoms with Gasteiger partial charge in [-0.3, -0.25) is 5.41 Å². The van der Waals surface area contributed by atoms with Crippen molar-refractivity contribution in [3.05, 3.63) is 0 Å². The van der Waals surface area contributed by atoms with E-state index in [9.17, 15) is 0 Å². The Hall–Kier alpha value is -0.770. The maximum absolute atomic E-state index is 7.12. The second kappa shape index (κ2) is 4.39. The number of nitrogens with one attached hydrogen (secondary N) is 3. The first-order valence-electron chi connectivity index (χ1n) is 5.62. The first kappa shape index (κ1) is 12.3. The van der Waals surface area contributed by atoms with Crippen LogP contribution in [0.1, 0.15) is 33.6 Å². The molecule has 0 saturated heterocycles. The molecule has 5 N–H and O–H groups in total. The quantitative estimate of drug-likeness (QED) is 0.404. The molecule has 0 atom stereocenters. The van der Waals surface area contributed by atoms with Gasteiger partial charge in [-0.1, -0.05) is 20.8 Å². The summed E-state index contributed by atoms with van der Waals surface area (Å²) in [5.41, 5.74) is 5.97. The summed E-state index contributed by atoms with van der Waals surface area (Å²) in [5, 5.41) is 13.5. The fourth-order valence-corrected chi connectivity index (χ4v) is 1.58. The van der Waals surface area contributed by atoms with Crippen LogP contribution >= 0.6 is 0 Å². The molecule has 0 unspecified atom stereocenters. The summed E-state index contributed by atoms with van der Waals surface area (Å²) < 4.78 is 0. The lowest BCUT2D eigenvalue weighted by Crippen LogP contribution is -2.40. The highest BCUT2D eigenvalue weighted by Crippen LogP contribution is 2.44. The first-order chi connectivity index (χ1) is 6.83. The van der Waals surface area contributed by atoms with Crippen molar-refractivity contribution >= 4 is 5.96 Å². The molecular formula is C11H24N4. The minimum Gasteiger partial charge on any atom is -0.370 e. The molecule has 0 amide bonds. The van der Waals surface area contributed by atoms with E-state index in [1.54, 1.807) is 0 Å². The highest BCUT2D eigenvalue weighted by Gasteiger charge is 2.42. The number of guanidine groups is 1. The van der Waals surface area contributed by atoms with Gasteiger partial charge in [0, 0.05) is 25.0 Å². The molecular weight excluding hydrogens is 188 g/mol. The Morgan fingerprint density at radius 2 is 1.93 bits per heavy atom. The van der Waals surface area contributed by atoms with Crippen LogP contribution in [-0.2, 0) is 0 Å². The SMILES string of the molecule is CC(C)(C)CNCC1(CNC(=N)N)CC1. The lowest BCUT2D eigenvalue weighted by atomic mass is 9.96. The Labute approximate surface area is 92.5 Å². The zero-order chi connectivity index (χ0) is 11.5. The molecule has 1 saturated carbocycles. The number of nitrogens with two attached hydrogens (primary N) is 1. The fraction of sp³-hybridized carbons (Fsp3) is 0.909. The van der Waals surface area contributed by atoms with Crippen molar-refractivity contribution in [3.63, 3.8) is 0 Å². The van der Waals surface area contributed by atoms with Crippen molar-refractivity contribution in [1.82, 2.24) is 10.6 Å². The van der Waals surface area contributed by atoms with Crippen LogP contribution in [-0.4, -0.2) is 25.6 Å². The molecule has 0 spiro atoms. The van der Waals surface area contributed by atoms with E-state index >= 15 is 0 Å². The largest absolute Gasteiger partial charge is 0.370 e. The third-order valence-corrected chi connectivity index (χ3v) is 2.77. The summed E-state index contributed by atoms with van der Waals surface area (Å²) in [6.45, 7) is 9.59. The van der Waals surface area contributed by atoms with Crippen LogP contribution < -0.4 is 16.4 Å². The van der Waals surface area contributed by atoms with E-state index < -0.39 is 0 Å². The van der Waals surface area contributed by atoms with Gasteiger partial charge in [-0.15, -0.1) is 0 Å². The van der Waals surface area contributed by atoms with Crippen molar-refractivity contribution in [2.75, 3.05) is 19.6 Å². The molecule has 1 rings (SSSR count). The van der Waals surface area contributed by atoms with E-state index in [-0.39, 0.29) is 5.96 Å². The summed E-state index contributed by atoms with van der Waals surface area (Å²) in [7, 11) is 0. The van der Waals surface area contributed by atoms with Gasteiger partial charge in [0.15, 0.2) is 5.96 Å². The van der Waals surface area contributed by atoms with Crippen LogP contribution in [0, 0.1) is 16.2 Å². The molecule has 1 aliphatic rings. The molecule has 0 heterocycles. The Balaban J connectivity index is 2.17. The molecule has 1 fully saturated rings. The summed E-state index contributed by atoms with van der Waals surface area (Å²) in [4.78, 5) is 0. The van der Waals surface area contributed by atoms with Crippen molar-refractivity contribution in [2.45, 2.75) is 33.6 Å². The lowest BCUT2D eigenvalue weighted by molar-refractivity contribution is 0.349. The van der Waals surface area contributed by atoms with Gasteiger partial charge in [0.1, 0.15) is 0 Å². The van der Waals surface area contributed by atoms with Crippen molar-refractivity contribution in [3.8, 4) is 0 Å². The molecule has 0 aromatic carbocycles. The monoisotopic (exact) mass is 212 g/mol. The molecule has 0 aliphatic heterocycles. The number of hydrogen-bond donors (Lipinski definition) is 4. The minimum absolute atomic E-state index is 0.0806. The van der Waals surface area contributed by atoms with Crippen LogP contribution in [0.25, 0.3) is 0 Å². The van der Waals surface area contributed by atoms with Crippen LogP contribution in [0.5, 0.6) is 0 Å². The summed E-state index contributed by atoms with van der Waals surface area (Å²) >= 11 is 0. The number of hydrogen-bond acceptors (Lipinski definition) is 2.